The molecule has 6 nitrogen and oxygen atoms in total. The van der Waals surface area contributed by atoms with Gasteiger partial charge in [0, 0.05) is 17.7 Å². The minimum absolute atomic E-state index is 0.139. The summed E-state index contributed by atoms with van der Waals surface area (Å²) in [6.07, 6.45) is 4.01. The third-order valence-corrected chi connectivity index (χ3v) is 4.85. The van der Waals surface area contributed by atoms with Gasteiger partial charge >= 0.3 is 0 Å². The number of rotatable bonds is 3. The van der Waals surface area contributed by atoms with Crippen LogP contribution in [0.5, 0.6) is 0 Å². The van der Waals surface area contributed by atoms with Crippen molar-refractivity contribution in [2.45, 2.75) is 19.0 Å². The van der Waals surface area contributed by atoms with Gasteiger partial charge in [-0.3, -0.25) is 4.79 Å². The molecular formula is C18H21N5O. The number of nitrogens with two attached hydrogens (primary N) is 1. The molecule has 124 valence electrons. The van der Waals surface area contributed by atoms with Crippen molar-refractivity contribution in [2.75, 3.05) is 23.3 Å². The van der Waals surface area contributed by atoms with E-state index in [1.165, 1.54) is 0 Å². The van der Waals surface area contributed by atoms with E-state index in [1.807, 2.05) is 12.1 Å². The molecule has 24 heavy (non-hydrogen) atoms. The van der Waals surface area contributed by atoms with E-state index in [4.69, 9.17) is 5.73 Å². The number of carbonyl (C=O) groups excluding carboxylic acids is 1. The van der Waals surface area contributed by atoms with Crippen LogP contribution < -0.4 is 21.3 Å². The molecule has 4 N–H and O–H groups in total. The van der Waals surface area contributed by atoms with Crippen LogP contribution in [0.4, 0.5) is 17.2 Å². The third-order valence-electron chi connectivity index (χ3n) is 4.85. The highest BCUT2D eigenvalue weighted by Crippen LogP contribution is 2.42. The predicted molar refractivity (Wildman–Crippen MR) is 94.3 cm³/mol. The van der Waals surface area contributed by atoms with Crippen LogP contribution >= 0.6 is 0 Å². The van der Waals surface area contributed by atoms with Crippen molar-refractivity contribution >= 4 is 23.1 Å². The number of nitrogens with one attached hydrogen (secondary N) is 2. The van der Waals surface area contributed by atoms with E-state index in [1.54, 1.807) is 18.3 Å². The van der Waals surface area contributed by atoms with Crippen LogP contribution in [0.2, 0.25) is 0 Å². The molecule has 6 heteroatoms. The zero-order valence-electron chi connectivity index (χ0n) is 13.4. The molecule has 1 atom stereocenters. The third kappa shape index (κ3) is 2.59. The molecule has 0 aliphatic carbocycles. The number of carbonyl (C=O) groups is 1. The fraction of sp³-hybridized carbons (Fsp3) is 0.333. The van der Waals surface area contributed by atoms with Crippen LogP contribution in [0, 0.1) is 5.92 Å². The fourth-order valence-electron chi connectivity index (χ4n) is 3.64. The first-order chi connectivity index (χ1) is 11.7. The van der Waals surface area contributed by atoms with Crippen LogP contribution in [-0.4, -0.2) is 30.1 Å². The van der Waals surface area contributed by atoms with Gasteiger partial charge in [0.05, 0.1) is 11.4 Å². The summed E-state index contributed by atoms with van der Waals surface area (Å²) in [5.74, 6) is 0.836. The van der Waals surface area contributed by atoms with E-state index in [0.717, 1.165) is 43.1 Å². The van der Waals surface area contributed by atoms with Crippen LogP contribution in [0.3, 0.4) is 0 Å². The van der Waals surface area contributed by atoms with Crippen molar-refractivity contribution in [1.82, 2.24) is 10.3 Å². The Labute approximate surface area is 141 Å². The van der Waals surface area contributed by atoms with Crippen LogP contribution in [0.1, 0.15) is 23.2 Å². The number of nitrogens with zero attached hydrogens (tertiary/aromatic N) is 2. The summed E-state index contributed by atoms with van der Waals surface area (Å²) in [5, 5.41) is 7.06. The molecule has 0 radical (unpaired) electrons. The van der Waals surface area contributed by atoms with Crippen molar-refractivity contribution in [3.05, 3.63) is 48.2 Å². The Morgan fingerprint density at radius 3 is 2.79 bits per heavy atom. The molecule has 0 bridgehead atoms. The summed E-state index contributed by atoms with van der Waals surface area (Å²) < 4.78 is 0. The van der Waals surface area contributed by atoms with Crippen LogP contribution in [0.25, 0.3) is 0 Å². The summed E-state index contributed by atoms with van der Waals surface area (Å²) in [4.78, 5) is 18.3. The minimum atomic E-state index is -0.433. The summed E-state index contributed by atoms with van der Waals surface area (Å²) in [5.41, 5.74) is 8.12. The Hall–Kier alpha value is -2.60. The summed E-state index contributed by atoms with van der Waals surface area (Å²) in [6.45, 7) is 2.06. The van der Waals surface area contributed by atoms with Gasteiger partial charge in [0.25, 0.3) is 0 Å². The average molecular weight is 323 g/mol. The number of primary amides is 1. The van der Waals surface area contributed by atoms with Gasteiger partial charge in [0.2, 0.25) is 5.91 Å². The zero-order chi connectivity index (χ0) is 16.5. The summed E-state index contributed by atoms with van der Waals surface area (Å²) >= 11 is 0. The first kappa shape index (κ1) is 15.0. The highest BCUT2D eigenvalue weighted by atomic mass is 16.1. The molecule has 1 aromatic heterocycles. The average Bonchev–Trinajstić information content (AvgIpc) is 3.02. The van der Waals surface area contributed by atoms with Crippen molar-refractivity contribution < 1.29 is 4.79 Å². The molecule has 3 heterocycles. The number of anilines is 3. The standard InChI is InChI=1S/C18H21N5O/c19-17(24)13-7-10-21-16(11-13)23-15-4-2-1-3-14(15)22-18(23)12-5-8-20-9-6-12/h1-4,7,10-12,18,20,22H,5-6,8-9H2,(H2,19,24). The van der Waals surface area contributed by atoms with Crippen molar-refractivity contribution in [1.29, 1.82) is 0 Å². The fourth-order valence-corrected chi connectivity index (χ4v) is 3.64. The van der Waals surface area contributed by atoms with Gasteiger partial charge in [-0.1, -0.05) is 12.1 Å². The largest absolute Gasteiger partial charge is 0.366 e. The number of benzene rings is 1. The SMILES string of the molecule is NC(=O)c1ccnc(N2c3ccccc3NC2C2CCNCC2)c1. The quantitative estimate of drug-likeness (QED) is 0.805. The molecule has 2 aliphatic heterocycles. The molecule has 1 fully saturated rings. The molecule has 2 aliphatic rings. The van der Waals surface area contributed by atoms with Gasteiger partial charge in [-0.15, -0.1) is 0 Å². The number of aromatic nitrogens is 1. The van der Waals surface area contributed by atoms with E-state index in [9.17, 15) is 4.79 Å². The summed E-state index contributed by atoms with van der Waals surface area (Å²) in [7, 11) is 0. The molecular weight excluding hydrogens is 302 g/mol. The number of hydrogen-bond donors (Lipinski definition) is 3. The van der Waals surface area contributed by atoms with E-state index < -0.39 is 5.91 Å². The van der Waals surface area contributed by atoms with E-state index >= 15 is 0 Å². The number of hydrogen-bond acceptors (Lipinski definition) is 5. The highest BCUT2D eigenvalue weighted by Gasteiger charge is 2.36. The summed E-state index contributed by atoms with van der Waals surface area (Å²) in [6, 6.07) is 11.7. The van der Waals surface area contributed by atoms with E-state index in [-0.39, 0.29) is 6.17 Å². The number of piperidine rings is 1. The molecule has 2 aromatic rings. The van der Waals surface area contributed by atoms with Gasteiger partial charge in [0.1, 0.15) is 12.0 Å². The Balaban J connectivity index is 1.75. The van der Waals surface area contributed by atoms with Crippen molar-refractivity contribution in [3.63, 3.8) is 0 Å². The Kier molecular flexibility index (Phi) is 3.82. The van der Waals surface area contributed by atoms with Crippen molar-refractivity contribution in [2.24, 2.45) is 11.7 Å². The smallest absolute Gasteiger partial charge is 0.248 e. The lowest BCUT2D eigenvalue weighted by molar-refractivity contribution is 0.1000. The van der Waals surface area contributed by atoms with E-state index in [2.05, 4.69) is 32.7 Å². The minimum Gasteiger partial charge on any atom is -0.366 e. The number of pyridine rings is 1. The maximum Gasteiger partial charge on any atom is 0.248 e. The van der Waals surface area contributed by atoms with Crippen molar-refractivity contribution in [3.8, 4) is 0 Å². The van der Waals surface area contributed by atoms with Gasteiger partial charge in [-0.25, -0.2) is 4.98 Å². The van der Waals surface area contributed by atoms with E-state index in [0.29, 0.717) is 11.5 Å². The second-order valence-electron chi connectivity index (χ2n) is 6.33. The topological polar surface area (TPSA) is 83.3 Å². The first-order valence-electron chi connectivity index (χ1n) is 8.35. The number of para-hydroxylation sites is 2. The van der Waals surface area contributed by atoms with Gasteiger partial charge in [-0.05, 0) is 50.2 Å². The van der Waals surface area contributed by atoms with Gasteiger partial charge in [0.15, 0.2) is 0 Å². The lowest BCUT2D eigenvalue weighted by atomic mass is 9.94. The molecule has 0 spiro atoms. The lowest BCUT2D eigenvalue weighted by Gasteiger charge is -2.35. The van der Waals surface area contributed by atoms with Crippen LogP contribution in [-0.2, 0) is 0 Å². The Morgan fingerprint density at radius 1 is 1.21 bits per heavy atom. The van der Waals surface area contributed by atoms with Crippen LogP contribution in [0.15, 0.2) is 42.6 Å². The predicted octanol–water partition coefficient (Wildman–Crippen LogP) is 2.07. The zero-order valence-corrected chi connectivity index (χ0v) is 13.4. The normalized spacial score (nSPS) is 20.5. The number of amides is 1. The maximum atomic E-state index is 11.5. The lowest BCUT2D eigenvalue weighted by Crippen LogP contribution is -2.44. The molecule has 1 amide bonds. The molecule has 1 aromatic carbocycles. The maximum absolute atomic E-state index is 11.5. The first-order valence-corrected chi connectivity index (χ1v) is 8.35. The van der Waals surface area contributed by atoms with Gasteiger partial charge < -0.3 is 21.3 Å². The molecule has 0 saturated carbocycles. The monoisotopic (exact) mass is 323 g/mol. The Bertz CT molecular complexity index is 757. The molecule has 1 saturated heterocycles. The Morgan fingerprint density at radius 2 is 2.00 bits per heavy atom. The second kappa shape index (κ2) is 6.13. The van der Waals surface area contributed by atoms with Gasteiger partial charge in [-0.2, -0.15) is 0 Å². The second-order valence-corrected chi connectivity index (χ2v) is 6.33. The molecule has 4 rings (SSSR count). The number of fused-ring (bicyclic) bond motifs is 1. The highest BCUT2D eigenvalue weighted by molar-refractivity contribution is 5.94. The molecule has 1 unspecified atom stereocenters.